The molecule has 2 bridgehead atoms. The molecule has 3 amide bonds. The standard InChI is InChI=1S/C35H42N6O5/c1-3-20-38(24-41-27-17-11-10-16-26(27)36-37-41)34(45)31-35-19-18-28(46-35)29(30(35)33(44)40(31)22-12-5-6-13-23-42)32(43)39(21-4-2)25-14-8-7-9-15-25/h3-4,7-11,14-17,28-31,42H,1-2,5-6,12-13,18-24H2/t28-,29+,30-,31?,35?/m0/s1. The maximum absolute atomic E-state index is 14.7. The van der Waals surface area contributed by atoms with Crippen LogP contribution in [0.1, 0.15) is 38.5 Å². The van der Waals surface area contributed by atoms with Gasteiger partial charge in [0.05, 0.1) is 23.5 Å². The topological polar surface area (TPSA) is 121 Å². The van der Waals surface area contributed by atoms with E-state index in [0.29, 0.717) is 37.7 Å². The first-order valence-corrected chi connectivity index (χ1v) is 16.2. The van der Waals surface area contributed by atoms with Crippen LogP contribution in [-0.2, 0) is 25.8 Å². The van der Waals surface area contributed by atoms with Crippen LogP contribution in [0.15, 0.2) is 79.9 Å². The Morgan fingerprint density at radius 1 is 1.00 bits per heavy atom. The molecule has 242 valence electrons. The van der Waals surface area contributed by atoms with Gasteiger partial charge in [-0.2, -0.15) is 0 Å². The molecule has 6 rings (SSSR count). The fraction of sp³-hybridized carbons (Fsp3) is 0.457. The summed E-state index contributed by atoms with van der Waals surface area (Å²) in [4.78, 5) is 48.6. The van der Waals surface area contributed by atoms with Crippen LogP contribution in [0.4, 0.5) is 5.69 Å². The second-order valence-electron chi connectivity index (χ2n) is 12.4. The number of anilines is 1. The minimum absolute atomic E-state index is 0.115. The lowest BCUT2D eigenvalue weighted by atomic mass is 9.70. The van der Waals surface area contributed by atoms with Gasteiger partial charge in [-0.1, -0.05) is 60.5 Å². The molecule has 3 aliphatic heterocycles. The molecule has 4 heterocycles. The highest BCUT2D eigenvalue weighted by Gasteiger charge is 2.74. The number of unbranched alkanes of at least 4 members (excludes halogenated alkanes) is 3. The Balaban J connectivity index is 1.34. The summed E-state index contributed by atoms with van der Waals surface area (Å²) < 4.78 is 8.39. The van der Waals surface area contributed by atoms with Gasteiger partial charge in [0.1, 0.15) is 23.8 Å². The van der Waals surface area contributed by atoms with Crippen LogP contribution in [0.3, 0.4) is 0 Å². The number of amides is 3. The lowest BCUT2D eigenvalue weighted by Gasteiger charge is -2.37. The molecular weight excluding hydrogens is 584 g/mol. The summed E-state index contributed by atoms with van der Waals surface area (Å²) in [6, 6.07) is 16.0. The number of aromatic nitrogens is 3. The number of hydrogen-bond acceptors (Lipinski definition) is 7. The first-order valence-electron chi connectivity index (χ1n) is 16.2. The molecule has 2 aromatic carbocycles. The van der Waals surface area contributed by atoms with E-state index in [9.17, 15) is 19.5 Å². The molecule has 11 nitrogen and oxygen atoms in total. The molecule has 1 N–H and O–H groups in total. The van der Waals surface area contributed by atoms with Crippen molar-refractivity contribution in [3.63, 3.8) is 0 Å². The summed E-state index contributed by atoms with van der Waals surface area (Å²) in [7, 11) is 0. The number of aliphatic hydroxyl groups is 1. The van der Waals surface area contributed by atoms with E-state index in [0.717, 1.165) is 24.0 Å². The Morgan fingerprint density at radius 2 is 1.74 bits per heavy atom. The van der Waals surface area contributed by atoms with Gasteiger partial charge in [0.15, 0.2) is 0 Å². The summed E-state index contributed by atoms with van der Waals surface area (Å²) in [5.74, 6) is -2.16. The van der Waals surface area contributed by atoms with Crippen molar-refractivity contribution >= 4 is 34.4 Å². The molecule has 11 heteroatoms. The molecule has 3 aliphatic rings. The van der Waals surface area contributed by atoms with Crippen molar-refractivity contribution in [2.24, 2.45) is 11.8 Å². The largest absolute Gasteiger partial charge is 0.396 e. The average molecular weight is 627 g/mol. The van der Waals surface area contributed by atoms with Gasteiger partial charge in [-0.15, -0.1) is 18.3 Å². The van der Waals surface area contributed by atoms with Crippen LogP contribution in [0, 0.1) is 11.8 Å². The quantitative estimate of drug-likeness (QED) is 0.202. The van der Waals surface area contributed by atoms with Crippen molar-refractivity contribution in [2.45, 2.75) is 62.9 Å². The van der Waals surface area contributed by atoms with Crippen LogP contribution in [-0.4, -0.2) is 91.6 Å². The van der Waals surface area contributed by atoms with E-state index in [1.54, 1.807) is 31.5 Å². The molecule has 0 radical (unpaired) electrons. The number of aliphatic hydroxyl groups excluding tert-OH is 1. The van der Waals surface area contributed by atoms with E-state index < -0.39 is 29.6 Å². The summed E-state index contributed by atoms with van der Waals surface area (Å²) in [6.07, 6.45) is 6.94. The maximum atomic E-state index is 14.7. The second kappa shape index (κ2) is 13.6. The van der Waals surface area contributed by atoms with Crippen LogP contribution in [0.5, 0.6) is 0 Å². The van der Waals surface area contributed by atoms with Gasteiger partial charge in [-0.05, 0) is 49.9 Å². The summed E-state index contributed by atoms with van der Waals surface area (Å²) in [6.45, 7) is 8.87. The van der Waals surface area contributed by atoms with Gasteiger partial charge in [0.25, 0.3) is 0 Å². The molecule has 3 fully saturated rings. The van der Waals surface area contributed by atoms with Crippen LogP contribution >= 0.6 is 0 Å². The molecule has 5 atom stereocenters. The van der Waals surface area contributed by atoms with Crippen LogP contribution in [0.2, 0.25) is 0 Å². The number of ether oxygens (including phenoxy) is 1. The highest BCUT2D eigenvalue weighted by atomic mass is 16.5. The predicted molar refractivity (Wildman–Crippen MR) is 173 cm³/mol. The molecular formula is C35H42N6O5. The molecule has 3 saturated heterocycles. The van der Waals surface area contributed by atoms with E-state index in [1.165, 1.54) is 0 Å². The van der Waals surface area contributed by atoms with Gasteiger partial charge in [0.2, 0.25) is 17.7 Å². The zero-order chi connectivity index (χ0) is 32.3. The van der Waals surface area contributed by atoms with Crippen molar-refractivity contribution in [1.82, 2.24) is 24.8 Å². The molecule has 1 aromatic heterocycles. The van der Waals surface area contributed by atoms with E-state index in [2.05, 4.69) is 23.5 Å². The monoisotopic (exact) mass is 626 g/mol. The summed E-state index contributed by atoms with van der Waals surface area (Å²) in [5, 5.41) is 17.8. The number of carbonyl (C=O) groups is 3. The van der Waals surface area contributed by atoms with E-state index >= 15 is 0 Å². The Hall–Kier alpha value is -4.35. The SMILES string of the molecule is C=CCN(Cn1nnc2ccccc21)C(=O)C1N(CCCCCCO)C(=O)[C@@H]2[C@H](C(=O)N(CC=C)c3ccccc3)[C@@H]3CCC12O3. The predicted octanol–water partition coefficient (Wildman–Crippen LogP) is 3.55. The number of nitrogens with zero attached hydrogens (tertiary/aromatic N) is 6. The lowest BCUT2D eigenvalue weighted by molar-refractivity contribution is -0.149. The third-order valence-corrected chi connectivity index (χ3v) is 9.66. The number of para-hydroxylation sites is 2. The first kappa shape index (κ1) is 31.6. The number of benzene rings is 2. The number of likely N-dealkylation sites (tertiary alicyclic amines) is 1. The molecule has 0 aliphatic carbocycles. The van der Waals surface area contributed by atoms with Gasteiger partial charge in [0, 0.05) is 31.9 Å². The zero-order valence-corrected chi connectivity index (χ0v) is 26.1. The van der Waals surface area contributed by atoms with Gasteiger partial charge < -0.3 is 24.5 Å². The molecule has 2 unspecified atom stereocenters. The maximum Gasteiger partial charge on any atom is 0.250 e. The number of carbonyl (C=O) groups excluding carboxylic acids is 3. The van der Waals surface area contributed by atoms with Crippen molar-refractivity contribution in [3.8, 4) is 0 Å². The third-order valence-electron chi connectivity index (χ3n) is 9.66. The smallest absolute Gasteiger partial charge is 0.250 e. The lowest BCUT2D eigenvalue weighted by Crippen LogP contribution is -2.56. The van der Waals surface area contributed by atoms with Crippen molar-refractivity contribution < 1.29 is 24.2 Å². The van der Waals surface area contributed by atoms with Gasteiger partial charge in [-0.25, -0.2) is 4.68 Å². The average Bonchev–Trinajstić information content (AvgIpc) is 3.83. The van der Waals surface area contributed by atoms with Crippen LogP contribution in [0.25, 0.3) is 11.0 Å². The number of fused-ring (bicyclic) bond motifs is 2. The minimum Gasteiger partial charge on any atom is -0.396 e. The molecule has 46 heavy (non-hydrogen) atoms. The fourth-order valence-corrected chi connectivity index (χ4v) is 7.67. The van der Waals surface area contributed by atoms with Gasteiger partial charge in [-0.3, -0.25) is 14.4 Å². The number of hydrogen-bond donors (Lipinski definition) is 1. The zero-order valence-electron chi connectivity index (χ0n) is 26.1. The van der Waals surface area contributed by atoms with Crippen molar-refractivity contribution in [3.05, 3.63) is 79.9 Å². The Labute approximate surface area is 269 Å². The Kier molecular flexibility index (Phi) is 9.32. The van der Waals surface area contributed by atoms with E-state index in [1.807, 2.05) is 54.6 Å². The van der Waals surface area contributed by atoms with Crippen LogP contribution < -0.4 is 4.90 Å². The number of rotatable bonds is 15. The van der Waals surface area contributed by atoms with Crippen molar-refractivity contribution in [1.29, 1.82) is 0 Å². The van der Waals surface area contributed by atoms with E-state index in [4.69, 9.17) is 4.74 Å². The highest BCUT2D eigenvalue weighted by Crippen LogP contribution is 2.59. The second-order valence-corrected chi connectivity index (χ2v) is 12.4. The third kappa shape index (κ3) is 5.51. The van der Waals surface area contributed by atoms with Gasteiger partial charge >= 0.3 is 0 Å². The molecule has 0 saturated carbocycles. The first-order chi connectivity index (χ1) is 22.4. The summed E-state index contributed by atoms with van der Waals surface area (Å²) >= 11 is 0. The molecule has 3 aromatic rings. The Bertz CT molecular complexity index is 1590. The fourth-order valence-electron chi connectivity index (χ4n) is 7.67. The van der Waals surface area contributed by atoms with Crippen molar-refractivity contribution in [2.75, 3.05) is 31.1 Å². The molecule has 1 spiro atoms. The summed E-state index contributed by atoms with van der Waals surface area (Å²) in [5.41, 5.74) is 1.11. The minimum atomic E-state index is -1.12. The van der Waals surface area contributed by atoms with E-state index in [-0.39, 0.29) is 44.1 Å². The normalized spacial score (nSPS) is 24.7. The highest BCUT2D eigenvalue weighted by molar-refractivity contribution is 6.03. The Morgan fingerprint density at radius 3 is 2.50 bits per heavy atom.